The van der Waals surface area contributed by atoms with Crippen molar-refractivity contribution in [3.63, 3.8) is 0 Å². The van der Waals surface area contributed by atoms with Crippen molar-refractivity contribution in [2.45, 2.75) is 76.9 Å². The summed E-state index contributed by atoms with van der Waals surface area (Å²) in [6, 6.07) is 3.95. The fourth-order valence-corrected chi connectivity index (χ4v) is 4.43. The number of hydrogen-bond acceptors (Lipinski definition) is 3. The predicted molar refractivity (Wildman–Crippen MR) is 96.7 cm³/mol. The first-order valence-corrected chi connectivity index (χ1v) is 9.25. The Morgan fingerprint density at radius 2 is 2.12 bits per heavy atom. The van der Waals surface area contributed by atoms with Crippen molar-refractivity contribution in [2.24, 2.45) is 5.92 Å². The minimum atomic E-state index is -0.871. The van der Waals surface area contributed by atoms with Crippen LogP contribution in [0.15, 0.2) is 24.3 Å². The monoisotopic (exact) mass is 330 g/mol. The van der Waals surface area contributed by atoms with Gasteiger partial charge in [0.05, 0.1) is 5.60 Å². The predicted octanol–water partition coefficient (Wildman–Crippen LogP) is 4.71. The Morgan fingerprint density at radius 1 is 1.38 bits per heavy atom. The molecule has 0 spiro atoms. The number of hydrogen-bond donors (Lipinski definition) is 2. The number of fused-ring (bicyclic) bond motifs is 3. The number of aliphatic hydroxyl groups is 1. The summed E-state index contributed by atoms with van der Waals surface area (Å²) in [6.45, 7) is 10.2. The molecule has 4 atom stereocenters. The maximum absolute atomic E-state index is 10.8. The molecule has 0 saturated heterocycles. The summed E-state index contributed by atoms with van der Waals surface area (Å²) >= 11 is 0. The van der Waals surface area contributed by atoms with E-state index in [9.17, 15) is 10.2 Å². The lowest BCUT2D eigenvalue weighted by atomic mass is 9.66. The topological polar surface area (TPSA) is 49.7 Å². The van der Waals surface area contributed by atoms with E-state index in [2.05, 4.69) is 19.6 Å². The number of allylic oxidation sites excluding steroid dienone is 1. The summed E-state index contributed by atoms with van der Waals surface area (Å²) in [5, 5.41) is 21.5. The molecule has 0 radical (unpaired) electrons. The van der Waals surface area contributed by atoms with Gasteiger partial charge in [-0.25, -0.2) is 0 Å². The van der Waals surface area contributed by atoms with Crippen molar-refractivity contribution in [1.29, 1.82) is 0 Å². The molecule has 2 aliphatic rings. The van der Waals surface area contributed by atoms with Gasteiger partial charge in [-0.2, -0.15) is 0 Å². The molecule has 1 aromatic carbocycles. The number of phenols is 1. The Bertz CT molecular complexity index is 632. The standard InChI is InChI=1S/C21H30O3/c1-5-6-7-8-14-11-16(22)19-17(12-14)24-20-18(19)15(13(2)3)9-10-21(20,4)23/h11-12,15,18,20,22-23H,2,5-10H2,1,3-4H3. The van der Waals surface area contributed by atoms with Crippen LogP contribution in [0, 0.1) is 5.92 Å². The molecule has 0 aromatic heterocycles. The minimum absolute atomic E-state index is 0.00839. The number of aromatic hydroxyl groups is 1. The molecule has 4 unspecified atom stereocenters. The highest BCUT2D eigenvalue weighted by molar-refractivity contribution is 5.54. The number of aryl methyl sites for hydroxylation is 1. The summed E-state index contributed by atoms with van der Waals surface area (Å²) in [7, 11) is 0. The molecule has 0 bridgehead atoms. The van der Waals surface area contributed by atoms with Crippen LogP contribution in [0.3, 0.4) is 0 Å². The van der Waals surface area contributed by atoms with E-state index in [0.29, 0.717) is 12.2 Å². The number of phenolic OH excluding ortho intramolecular Hbond substituents is 1. The van der Waals surface area contributed by atoms with Crippen LogP contribution in [0.4, 0.5) is 0 Å². The minimum Gasteiger partial charge on any atom is -0.508 e. The molecule has 3 rings (SSSR count). The third-order valence-electron chi connectivity index (χ3n) is 5.80. The molecule has 1 heterocycles. The molecule has 1 aliphatic carbocycles. The van der Waals surface area contributed by atoms with E-state index in [4.69, 9.17) is 4.74 Å². The van der Waals surface area contributed by atoms with Crippen LogP contribution in [-0.2, 0) is 6.42 Å². The number of ether oxygens (including phenoxy) is 1. The molecule has 132 valence electrons. The first-order chi connectivity index (χ1) is 11.3. The van der Waals surface area contributed by atoms with E-state index in [1.807, 2.05) is 19.9 Å². The number of unbranched alkanes of at least 4 members (excludes halogenated alkanes) is 2. The van der Waals surface area contributed by atoms with Gasteiger partial charge in [-0.15, -0.1) is 0 Å². The molecule has 0 amide bonds. The van der Waals surface area contributed by atoms with Crippen LogP contribution in [0.25, 0.3) is 0 Å². The lowest BCUT2D eigenvalue weighted by Crippen LogP contribution is -2.50. The number of benzene rings is 1. The highest BCUT2D eigenvalue weighted by Gasteiger charge is 2.53. The Kier molecular flexibility index (Phi) is 4.65. The zero-order chi connectivity index (χ0) is 17.5. The van der Waals surface area contributed by atoms with Gasteiger partial charge in [-0.3, -0.25) is 0 Å². The van der Waals surface area contributed by atoms with Crippen molar-refractivity contribution in [2.75, 3.05) is 0 Å². The van der Waals surface area contributed by atoms with Gasteiger partial charge >= 0.3 is 0 Å². The van der Waals surface area contributed by atoms with Gasteiger partial charge in [0.25, 0.3) is 0 Å². The largest absolute Gasteiger partial charge is 0.508 e. The molecular weight excluding hydrogens is 300 g/mol. The zero-order valence-corrected chi connectivity index (χ0v) is 15.1. The van der Waals surface area contributed by atoms with Crippen LogP contribution < -0.4 is 4.74 Å². The Hall–Kier alpha value is -1.48. The lowest BCUT2D eigenvalue weighted by Gasteiger charge is -2.42. The van der Waals surface area contributed by atoms with Crippen LogP contribution in [0.2, 0.25) is 0 Å². The molecule has 3 heteroatoms. The summed E-state index contributed by atoms with van der Waals surface area (Å²) in [5.74, 6) is 1.31. The van der Waals surface area contributed by atoms with E-state index >= 15 is 0 Å². The highest BCUT2D eigenvalue weighted by Crippen LogP contribution is 2.56. The van der Waals surface area contributed by atoms with Crippen molar-refractivity contribution in [3.8, 4) is 11.5 Å². The van der Waals surface area contributed by atoms with E-state index in [1.54, 1.807) is 0 Å². The second kappa shape index (κ2) is 6.44. The van der Waals surface area contributed by atoms with Gasteiger partial charge < -0.3 is 14.9 Å². The summed E-state index contributed by atoms with van der Waals surface area (Å²) in [4.78, 5) is 0. The van der Waals surface area contributed by atoms with Gasteiger partial charge in [-0.1, -0.05) is 31.9 Å². The van der Waals surface area contributed by atoms with Crippen LogP contribution in [0.1, 0.15) is 69.9 Å². The fourth-order valence-electron chi connectivity index (χ4n) is 4.43. The summed E-state index contributed by atoms with van der Waals surface area (Å²) < 4.78 is 6.18. The molecule has 24 heavy (non-hydrogen) atoms. The van der Waals surface area contributed by atoms with E-state index in [1.165, 1.54) is 12.8 Å². The van der Waals surface area contributed by atoms with Crippen LogP contribution in [0.5, 0.6) is 11.5 Å². The van der Waals surface area contributed by atoms with E-state index < -0.39 is 5.60 Å². The van der Waals surface area contributed by atoms with Crippen molar-refractivity contribution in [1.82, 2.24) is 0 Å². The SMILES string of the molecule is C=C(C)C1CCC(C)(O)C2Oc3cc(CCCCC)cc(O)c3C12. The molecule has 1 saturated carbocycles. The molecular formula is C21H30O3. The summed E-state index contributed by atoms with van der Waals surface area (Å²) in [6.07, 6.45) is 5.71. The third-order valence-corrected chi connectivity index (χ3v) is 5.80. The summed E-state index contributed by atoms with van der Waals surface area (Å²) in [5.41, 5.74) is 2.21. The van der Waals surface area contributed by atoms with Gasteiger partial charge in [0.15, 0.2) is 0 Å². The third kappa shape index (κ3) is 2.95. The Morgan fingerprint density at radius 3 is 2.79 bits per heavy atom. The molecule has 1 aromatic rings. The first kappa shape index (κ1) is 17.3. The molecule has 1 fully saturated rings. The maximum atomic E-state index is 10.8. The second-order valence-corrected chi connectivity index (χ2v) is 7.90. The Balaban J connectivity index is 1.96. The van der Waals surface area contributed by atoms with Gasteiger partial charge in [0, 0.05) is 11.5 Å². The average Bonchev–Trinajstić information content (AvgIpc) is 2.88. The van der Waals surface area contributed by atoms with Gasteiger partial charge in [0.2, 0.25) is 0 Å². The van der Waals surface area contributed by atoms with Crippen LogP contribution >= 0.6 is 0 Å². The van der Waals surface area contributed by atoms with Crippen LogP contribution in [-0.4, -0.2) is 21.9 Å². The molecule has 1 aliphatic heterocycles. The van der Waals surface area contributed by atoms with E-state index in [0.717, 1.165) is 41.7 Å². The fraction of sp³-hybridized carbons (Fsp3) is 0.619. The second-order valence-electron chi connectivity index (χ2n) is 7.90. The molecule has 3 nitrogen and oxygen atoms in total. The number of rotatable bonds is 5. The Labute approximate surface area is 145 Å². The van der Waals surface area contributed by atoms with Crippen molar-refractivity contribution in [3.05, 3.63) is 35.4 Å². The van der Waals surface area contributed by atoms with Gasteiger partial charge in [-0.05, 0) is 63.1 Å². The average molecular weight is 330 g/mol. The quantitative estimate of drug-likeness (QED) is 0.607. The molecule has 2 N–H and O–H groups in total. The maximum Gasteiger partial charge on any atom is 0.135 e. The van der Waals surface area contributed by atoms with E-state index in [-0.39, 0.29) is 17.9 Å². The van der Waals surface area contributed by atoms with Crippen molar-refractivity contribution < 1.29 is 14.9 Å². The zero-order valence-electron chi connectivity index (χ0n) is 15.1. The highest BCUT2D eigenvalue weighted by atomic mass is 16.5. The lowest BCUT2D eigenvalue weighted by molar-refractivity contribution is -0.0824. The van der Waals surface area contributed by atoms with Gasteiger partial charge in [0.1, 0.15) is 17.6 Å². The first-order valence-electron chi connectivity index (χ1n) is 9.25. The smallest absolute Gasteiger partial charge is 0.135 e. The van der Waals surface area contributed by atoms with Crippen molar-refractivity contribution >= 4 is 0 Å². The normalized spacial score (nSPS) is 31.2.